The van der Waals surface area contributed by atoms with Crippen molar-refractivity contribution in [2.75, 3.05) is 13.7 Å². The topological polar surface area (TPSA) is 87.1 Å². The largest absolute Gasteiger partial charge is 0.497 e. The van der Waals surface area contributed by atoms with Crippen LogP contribution in [0.2, 0.25) is 0 Å². The first-order valence-electron chi connectivity index (χ1n) is 6.75. The van der Waals surface area contributed by atoms with E-state index in [-0.39, 0.29) is 18.5 Å². The van der Waals surface area contributed by atoms with Gasteiger partial charge in [0.05, 0.1) is 19.7 Å². The Morgan fingerprint density at radius 3 is 2.50 bits per heavy atom. The van der Waals surface area contributed by atoms with Crippen LogP contribution in [0.1, 0.15) is 22.0 Å². The number of nitrogens with zero attached hydrogens (tertiary/aromatic N) is 3. The monoisotopic (exact) mass is 296 g/mol. The molecule has 1 unspecified atom stereocenters. The summed E-state index contributed by atoms with van der Waals surface area (Å²) in [6.45, 7) is 0.155. The van der Waals surface area contributed by atoms with Gasteiger partial charge in [-0.1, -0.05) is 35.4 Å². The lowest BCUT2D eigenvalue weighted by Gasteiger charge is -2.17. The lowest BCUT2D eigenvalue weighted by atomic mass is 10.1. The van der Waals surface area contributed by atoms with Gasteiger partial charge >= 0.3 is 0 Å². The first kappa shape index (κ1) is 15.4. The molecule has 0 aromatic heterocycles. The average molecular weight is 296 g/mol. The van der Waals surface area contributed by atoms with Crippen molar-refractivity contribution in [2.24, 2.45) is 5.11 Å². The van der Waals surface area contributed by atoms with Crippen LogP contribution in [-0.2, 0) is 0 Å². The molecule has 6 nitrogen and oxygen atoms in total. The summed E-state index contributed by atoms with van der Waals surface area (Å²) in [5.41, 5.74) is 9.90. The summed E-state index contributed by atoms with van der Waals surface area (Å²) in [4.78, 5) is 15.1. The summed E-state index contributed by atoms with van der Waals surface area (Å²) in [7, 11) is 1.57. The van der Waals surface area contributed by atoms with Crippen molar-refractivity contribution in [3.8, 4) is 5.75 Å². The molecule has 2 aromatic rings. The average Bonchev–Trinajstić information content (AvgIpc) is 2.59. The third kappa shape index (κ3) is 4.01. The van der Waals surface area contributed by atoms with E-state index in [1.807, 2.05) is 30.3 Å². The highest BCUT2D eigenvalue weighted by Crippen LogP contribution is 2.16. The molecule has 0 aliphatic heterocycles. The zero-order valence-corrected chi connectivity index (χ0v) is 12.1. The van der Waals surface area contributed by atoms with Gasteiger partial charge in [-0.15, -0.1) is 0 Å². The Morgan fingerprint density at radius 2 is 1.91 bits per heavy atom. The molecule has 0 saturated carbocycles. The van der Waals surface area contributed by atoms with Crippen LogP contribution in [0.5, 0.6) is 5.75 Å². The zero-order chi connectivity index (χ0) is 15.8. The molecule has 1 atom stereocenters. The van der Waals surface area contributed by atoms with Crippen molar-refractivity contribution in [1.29, 1.82) is 0 Å². The van der Waals surface area contributed by atoms with Gasteiger partial charge in [-0.2, -0.15) is 0 Å². The van der Waals surface area contributed by atoms with Crippen molar-refractivity contribution in [3.63, 3.8) is 0 Å². The molecule has 0 bridgehead atoms. The Bertz CT molecular complexity index is 664. The van der Waals surface area contributed by atoms with Gasteiger partial charge in [0.25, 0.3) is 5.91 Å². The molecule has 0 aliphatic rings. The summed E-state index contributed by atoms with van der Waals surface area (Å²) in [5.74, 6) is 0.454. The lowest BCUT2D eigenvalue weighted by molar-refractivity contribution is 0.0938. The molecule has 0 saturated heterocycles. The first-order chi connectivity index (χ1) is 10.7. The smallest absolute Gasteiger partial charge is 0.251 e. The number of hydrogen-bond acceptors (Lipinski definition) is 3. The predicted molar refractivity (Wildman–Crippen MR) is 83.7 cm³/mol. The molecule has 2 rings (SSSR count). The molecule has 6 heteroatoms. The van der Waals surface area contributed by atoms with Crippen molar-refractivity contribution in [3.05, 3.63) is 76.2 Å². The molecule has 1 amide bonds. The van der Waals surface area contributed by atoms with Crippen molar-refractivity contribution < 1.29 is 9.53 Å². The van der Waals surface area contributed by atoms with E-state index in [4.69, 9.17) is 10.3 Å². The molecular formula is C16H16N4O2. The van der Waals surface area contributed by atoms with E-state index in [0.717, 1.165) is 5.56 Å². The van der Waals surface area contributed by atoms with Gasteiger partial charge in [0, 0.05) is 10.5 Å². The zero-order valence-electron chi connectivity index (χ0n) is 12.1. The number of azide groups is 1. The molecule has 112 valence electrons. The van der Waals surface area contributed by atoms with E-state index < -0.39 is 0 Å². The van der Waals surface area contributed by atoms with Gasteiger partial charge in [-0.25, -0.2) is 0 Å². The van der Waals surface area contributed by atoms with Crippen molar-refractivity contribution >= 4 is 5.91 Å². The van der Waals surface area contributed by atoms with Gasteiger partial charge in [0.15, 0.2) is 0 Å². The van der Waals surface area contributed by atoms with E-state index in [0.29, 0.717) is 11.3 Å². The van der Waals surface area contributed by atoms with Gasteiger partial charge in [0.2, 0.25) is 0 Å². The van der Waals surface area contributed by atoms with Crippen LogP contribution in [0, 0.1) is 0 Å². The number of rotatable bonds is 6. The Morgan fingerprint density at radius 1 is 1.23 bits per heavy atom. The fourth-order valence-corrected chi connectivity index (χ4v) is 2.02. The predicted octanol–water partition coefficient (Wildman–Crippen LogP) is 3.48. The van der Waals surface area contributed by atoms with Crippen LogP contribution in [0.15, 0.2) is 59.7 Å². The maximum Gasteiger partial charge on any atom is 0.251 e. The number of benzene rings is 2. The Balaban J connectivity index is 2.15. The molecular weight excluding hydrogens is 280 g/mol. The third-order valence-electron chi connectivity index (χ3n) is 3.19. The number of ether oxygens (including phenoxy) is 1. The van der Waals surface area contributed by atoms with Crippen molar-refractivity contribution in [1.82, 2.24) is 5.32 Å². The van der Waals surface area contributed by atoms with Crippen LogP contribution in [-0.4, -0.2) is 19.6 Å². The van der Waals surface area contributed by atoms with Gasteiger partial charge in [-0.05, 0) is 35.4 Å². The molecule has 0 spiro atoms. The minimum Gasteiger partial charge on any atom is -0.497 e. The summed E-state index contributed by atoms with van der Waals surface area (Å²) >= 11 is 0. The number of hydrogen-bond donors (Lipinski definition) is 1. The molecule has 0 heterocycles. The second kappa shape index (κ2) is 7.71. The highest BCUT2D eigenvalue weighted by Gasteiger charge is 2.15. The van der Waals surface area contributed by atoms with E-state index >= 15 is 0 Å². The fourth-order valence-electron chi connectivity index (χ4n) is 2.02. The summed E-state index contributed by atoms with van der Waals surface area (Å²) in [5, 5.41) is 6.45. The fraction of sp³-hybridized carbons (Fsp3) is 0.188. The van der Waals surface area contributed by atoms with Gasteiger partial charge < -0.3 is 10.1 Å². The van der Waals surface area contributed by atoms with Crippen molar-refractivity contribution in [2.45, 2.75) is 6.04 Å². The quantitative estimate of drug-likeness (QED) is 0.502. The standard InChI is InChI=1S/C16H16N4O2/c1-22-14-9-7-13(8-10-14)16(21)19-15(11-18-20-17)12-5-3-2-4-6-12/h2-10,15H,11H2,1H3,(H,19,21). The van der Waals surface area contributed by atoms with E-state index in [2.05, 4.69) is 15.3 Å². The van der Waals surface area contributed by atoms with Crippen LogP contribution in [0.25, 0.3) is 10.4 Å². The highest BCUT2D eigenvalue weighted by molar-refractivity contribution is 5.94. The Hall–Kier alpha value is -2.98. The number of nitrogens with one attached hydrogen (secondary N) is 1. The summed E-state index contributed by atoms with van der Waals surface area (Å²) in [6.07, 6.45) is 0. The van der Waals surface area contributed by atoms with Gasteiger partial charge in [0.1, 0.15) is 5.75 Å². The van der Waals surface area contributed by atoms with E-state index in [9.17, 15) is 4.79 Å². The highest BCUT2D eigenvalue weighted by atomic mass is 16.5. The summed E-state index contributed by atoms with van der Waals surface area (Å²) < 4.78 is 5.07. The number of carbonyl (C=O) groups is 1. The lowest BCUT2D eigenvalue weighted by Crippen LogP contribution is -2.30. The number of methoxy groups -OCH3 is 1. The van der Waals surface area contributed by atoms with E-state index in [1.54, 1.807) is 31.4 Å². The molecule has 22 heavy (non-hydrogen) atoms. The maximum absolute atomic E-state index is 12.3. The minimum atomic E-state index is -0.369. The second-order valence-electron chi connectivity index (χ2n) is 4.58. The van der Waals surface area contributed by atoms with E-state index in [1.165, 1.54) is 0 Å². The molecule has 2 aromatic carbocycles. The third-order valence-corrected chi connectivity index (χ3v) is 3.19. The van der Waals surface area contributed by atoms with Crippen LogP contribution in [0.4, 0.5) is 0 Å². The normalized spacial score (nSPS) is 11.1. The Labute approximate surface area is 128 Å². The van der Waals surface area contributed by atoms with Crippen LogP contribution in [0.3, 0.4) is 0 Å². The maximum atomic E-state index is 12.3. The molecule has 0 radical (unpaired) electrons. The second-order valence-corrected chi connectivity index (χ2v) is 4.58. The van der Waals surface area contributed by atoms with Crippen LogP contribution >= 0.6 is 0 Å². The molecule has 0 fully saturated rings. The minimum absolute atomic E-state index is 0.155. The molecule has 1 N–H and O–H groups in total. The molecule has 0 aliphatic carbocycles. The summed E-state index contributed by atoms with van der Waals surface area (Å²) in [6, 6.07) is 15.8. The van der Waals surface area contributed by atoms with Gasteiger partial charge in [-0.3, -0.25) is 4.79 Å². The Kier molecular flexibility index (Phi) is 5.40. The first-order valence-corrected chi connectivity index (χ1v) is 6.75. The van der Waals surface area contributed by atoms with Crippen LogP contribution < -0.4 is 10.1 Å². The number of carbonyl (C=O) groups excluding carboxylic acids is 1. The SMILES string of the molecule is COc1ccc(C(=O)NC(CN=[N+]=[N-])c2ccccc2)cc1. The number of amides is 1.